The van der Waals surface area contributed by atoms with Crippen molar-refractivity contribution >= 4 is 5.91 Å². The van der Waals surface area contributed by atoms with Crippen LogP contribution in [0.4, 0.5) is 0 Å². The summed E-state index contributed by atoms with van der Waals surface area (Å²) in [4.78, 5) is 17.8. The first-order chi connectivity index (χ1) is 11.2. The zero-order valence-electron chi connectivity index (χ0n) is 12.7. The van der Waals surface area contributed by atoms with Gasteiger partial charge in [-0.1, -0.05) is 12.1 Å². The van der Waals surface area contributed by atoms with Crippen LogP contribution >= 0.6 is 0 Å². The van der Waals surface area contributed by atoms with Gasteiger partial charge in [-0.05, 0) is 18.6 Å². The van der Waals surface area contributed by atoms with E-state index in [4.69, 9.17) is 14.4 Å². The van der Waals surface area contributed by atoms with E-state index >= 15 is 0 Å². The number of oxazole rings is 1. The van der Waals surface area contributed by atoms with Crippen LogP contribution in [0, 0.1) is 11.5 Å². The van der Waals surface area contributed by atoms with E-state index in [-0.39, 0.29) is 17.8 Å². The van der Waals surface area contributed by atoms with Crippen molar-refractivity contribution in [3.63, 3.8) is 0 Å². The first kappa shape index (κ1) is 14.9. The molecule has 1 aliphatic heterocycles. The van der Waals surface area contributed by atoms with Crippen molar-refractivity contribution in [2.24, 2.45) is 0 Å². The molecule has 1 saturated heterocycles. The number of nitriles is 1. The third-order valence-corrected chi connectivity index (χ3v) is 3.74. The average molecular weight is 312 g/mol. The Kier molecular flexibility index (Phi) is 4.15. The van der Waals surface area contributed by atoms with Crippen molar-refractivity contribution < 1.29 is 13.9 Å². The second kappa shape index (κ2) is 6.40. The minimum atomic E-state index is -0.379. The van der Waals surface area contributed by atoms with Crippen molar-refractivity contribution in [3.8, 4) is 23.3 Å². The molecule has 0 saturated carbocycles. The zero-order chi connectivity index (χ0) is 16.2. The highest BCUT2D eigenvalue weighted by molar-refractivity contribution is 5.90. The Morgan fingerprint density at radius 2 is 2.35 bits per heavy atom. The number of hydrogen-bond acceptors (Lipinski definition) is 6. The molecule has 7 nitrogen and oxygen atoms in total. The number of carbonyl (C=O) groups is 1. The van der Waals surface area contributed by atoms with Crippen LogP contribution in [0.15, 0.2) is 34.9 Å². The number of rotatable bonds is 4. The Balaban J connectivity index is 1.72. The lowest BCUT2D eigenvalue weighted by Crippen LogP contribution is -2.36. The van der Waals surface area contributed by atoms with Gasteiger partial charge in [0.25, 0.3) is 5.89 Å². The Hall–Kier alpha value is -3.01. The standard InChI is InChI=1S/C16H16N4O3/c1-22-13-5-3-2-4-12(13)14-8-18-16(23-14)15(21)19-11-6-7-20(9-11)10-17/h2-5,8,11H,6-7,9H2,1H3,(H,19,21). The van der Waals surface area contributed by atoms with E-state index in [1.807, 2.05) is 24.3 Å². The van der Waals surface area contributed by atoms with Gasteiger partial charge in [-0.15, -0.1) is 0 Å². The predicted molar refractivity (Wildman–Crippen MR) is 81.5 cm³/mol. The number of para-hydroxylation sites is 1. The molecule has 1 aromatic carbocycles. The highest BCUT2D eigenvalue weighted by Crippen LogP contribution is 2.29. The summed E-state index contributed by atoms with van der Waals surface area (Å²) < 4.78 is 10.8. The van der Waals surface area contributed by atoms with Crippen LogP contribution in [-0.2, 0) is 0 Å². The molecule has 7 heteroatoms. The molecule has 1 aliphatic rings. The van der Waals surface area contributed by atoms with Crippen molar-refractivity contribution in [3.05, 3.63) is 36.4 Å². The van der Waals surface area contributed by atoms with Crippen LogP contribution in [0.5, 0.6) is 5.75 Å². The molecule has 118 valence electrons. The summed E-state index contributed by atoms with van der Waals surface area (Å²) in [5.74, 6) is 0.742. The molecular weight excluding hydrogens is 296 g/mol. The van der Waals surface area contributed by atoms with Gasteiger partial charge in [0.1, 0.15) is 5.75 Å². The number of likely N-dealkylation sites (tertiary alicyclic amines) is 1. The maximum atomic E-state index is 12.2. The summed E-state index contributed by atoms with van der Waals surface area (Å²) >= 11 is 0. The van der Waals surface area contributed by atoms with Gasteiger partial charge in [0.05, 0.1) is 18.9 Å². The summed E-state index contributed by atoms with van der Waals surface area (Å²) in [5, 5.41) is 11.7. The SMILES string of the molecule is COc1ccccc1-c1cnc(C(=O)NC2CCN(C#N)C2)o1. The molecule has 0 radical (unpaired) electrons. The van der Waals surface area contributed by atoms with Crippen LogP contribution in [-0.4, -0.2) is 42.0 Å². The van der Waals surface area contributed by atoms with Crippen LogP contribution < -0.4 is 10.1 Å². The molecule has 1 amide bonds. The molecule has 1 fully saturated rings. The van der Waals surface area contributed by atoms with Gasteiger partial charge in [-0.25, -0.2) is 4.98 Å². The summed E-state index contributed by atoms with van der Waals surface area (Å²) in [6.07, 6.45) is 4.31. The van der Waals surface area contributed by atoms with Crippen LogP contribution in [0.25, 0.3) is 11.3 Å². The fourth-order valence-corrected chi connectivity index (χ4v) is 2.57. The maximum absolute atomic E-state index is 12.2. The van der Waals surface area contributed by atoms with Gasteiger partial charge < -0.3 is 19.4 Å². The monoisotopic (exact) mass is 312 g/mol. The molecule has 2 aromatic rings. The largest absolute Gasteiger partial charge is 0.496 e. The summed E-state index contributed by atoms with van der Waals surface area (Å²) in [6, 6.07) is 7.29. The van der Waals surface area contributed by atoms with Crippen molar-refractivity contribution in [1.82, 2.24) is 15.2 Å². The maximum Gasteiger partial charge on any atom is 0.307 e. The van der Waals surface area contributed by atoms with E-state index < -0.39 is 0 Å². The molecule has 1 unspecified atom stereocenters. The molecule has 23 heavy (non-hydrogen) atoms. The fraction of sp³-hybridized carbons (Fsp3) is 0.312. The molecule has 1 aromatic heterocycles. The van der Waals surface area contributed by atoms with Crippen molar-refractivity contribution in [1.29, 1.82) is 5.26 Å². The van der Waals surface area contributed by atoms with Gasteiger partial charge in [0.2, 0.25) is 0 Å². The fourth-order valence-electron chi connectivity index (χ4n) is 2.57. The molecule has 1 atom stereocenters. The van der Waals surface area contributed by atoms with E-state index in [0.717, 1.165) is 12.0 Å². The summed E-state index contributed by atoms with van der Waals surface area (Å²) in [5.41, 5.74) is 0.734. The number of methoxy groups -OCH3 is 1. The number of ether oxygens (including phenoxy) is 1. The Labute approximate surface area is 133 Å². The molecule has 0 spiro atoms. The molecule has 1 N–H and O–H groups in total. The molecule has 2 heterocycles. The lowest BCUT2D eigenvalue weighted by Gasteiger charge is -2.10. The molecule has 0 aliphatic carbocycles. The average Bonchev–Trinajstić information content (AvgIpc) is 3.24. The summed E-state index contributed by atoms with van der Waals surface area (Å²) in [6.45, 7) is 1.17. The molecule has 3 rings (SSSR count). The number of amides is 1. The topological polar surface area (TPSA) is 91.4 Å². The first-order valence-electron chi connectivity index (χ1n) is 7.26. The number of benzene rings is 1. The Bertz CT molecular complexity index is 750. The number of aromatic nitrogens is 1. The van der Waals surface area contributed by atoms with Crippen molar-refractivity contribution in [2.45, 2.75) is 12.5 Å². The van der Waals surface area contributed by atoms with Crippen LogP contribution in [0.1, 0.15) is 17.1 Å². The Morgan fingerprint density at radius 1 is 1.52 bits per heavy atom. The number of nitrogens with one attached hydrogen (secondary N) is 1. The minimum absolute atomic E-state index is 0.00122. The molecule has 0 bridgehead atoms. The number of nitrogens with zero attached hydrogens (tertiary/aromatic N) is 3. The zero-order valence-corrected chi connectivity index (χ0v) is 12.7. The second-order valence-corrected chi connectivity index (χ2v) is 5.24. The molecular formula is C16H16N4O3. The third kappa shape index (κ3) is 3.11. The lowest BCUT2D eigenvalue weighted by atomic mass is 10.1. The van der Waals surface area contributed by atoms with E-state index in [9.17, 15) is 4.79 Å². The van der Waals surface area contributed by atoms with E-state index in [0.29, 0.717) is 24.6 Å². The van der Waals surface area contributed by atoms with Gasteiger partial charge in [0, 0.05) is 19.1 Å². The Morgan fingerprint density at radius 3 is 3.09 bits per heavy atom. The first-order valence-corrected chi connectivity index (χ1v) is 7.26. The predicted octanol–water partition coefficient (Wildman–Crippen LogP) is 1.64. The van der Waals surface area contributed by atoms with E-state index in [2.05, 4.69) is 16.5 Å². The quantitative estimate of drug-likeness (QED) is 0.863. The highest BCUT2D eigenvalue weighted by Gasteiger charge is 2.25. The van der Waals surface area contributed by atoms with Gasteiger partial charge in [-0.2, -0.15) is 5.26 Å². The summed E-state index contributed by atoms with van der Waals surface area (Å²) in [7, 11) is 1.57. The van der Waals surface area contributed by atoms with Gasteiger partial charge >= 0.3 is 5.91 Å². The van der Waals surface area contributed by atoms with Crippen molar-refractivity contribution in [2.75, 3.05) is 20.2 Å². The van der Waals surface area contributed by atoms with E-state index in [1.54, 1.807) is 12.0 Å². The van der Waals surface area contributed by atoms with Gasteiger partial charge in [0.15, 0.2) is 12.0 Å². The smallest absolute Gasteiger partial charge is 0.307 e. The second-order valence-electron chi connectivity index (χ2n) is 5.24. The number of hydrogen-bond donors (Lipinski definition) is 1. The highest BCUT2D eigenvalue weighted by atomic mass is 16.5. The number of carbonyl (C=O) groups excluding carboxylic acids is 1. The van der Waals surface area contributed by atoms with Crippen LogP contribution in [0.3, 0.4) is 0 Å². The lowest BCUT2D eigenvalue weighted by molar-refractivity contribution is 0.0904. The normalized spacial score (nSPS) is 16.9. The van der Waals surface area contributed by atoms with E-state index in [1.165, 1.54) is 6.20 Å². The third-order valence-electron chi connectivity index (χ3n) is 3.74. The van der Waals surface area contributed by atoms with Crippen LogP contribution in [0.2, 0.25) is 0 Å². The minimum Gasteiger partial charge on any atom is -0.496 e. The van der Waals surface area contributed by atoms with Gasteiger partial charge in [-0.3, -0.25) is 4.79 Å².